The summed E-state index contributed by atoms with van der Waals surface area (Å²) >= 11 is 0. The van der Waals surface area contributed by atoms with Crippen molar-refractivity contribution in [1.29, 1.82) is 0 Å². The number of H-pyrrole nitrogens is 1. The van der Waals surface area contributed by atoms with Gasteiger partial charge in [0, 0.05) is 31.6 Å². The van der Waals surface area contributed by atoms with Crippen molar-refractivity contribution in [2.75, 3.05) is 7.11 Å². The second-order valence-electron chi connectivity index (χ2n) is 4.00. The third-order valence-electron chi connectivity index (χ3n) is 2.59. The molecule has 1 heterocycles. The van der Waals surface area contributed by atoms with Crippen molar-refractivity contribution in [1.82, 2.24) is 15.3 Å². The maximum absolute atomic E-state index is 13.4. The number of methoxy groups -OCH3 is 1. The molecule has 5 heteroatoms. The highest BCUT2D eigenvalue weighted by molar-refractivity contribution is 5.24. The Bertz CT molecular complexity index is 485. The molecular formula is C13H16FN3O. The van der Waals surface area contributed by atoms with Crippen molar-refractivity contribution in [3.05, 3.63) is 53.4 Å². The number of aromatic nitrogens is 2. The second-order valence-corrected chi connectivity index (χ2v) is 4.00. The van der Waals surface area contributed by atoms with Crippen LogP contribution in [0.15, 0.2) is 30.6 Å². The molecule has 0 aliphatic carbocycles. The lowest BCUT2D eigenvalue weighted by Gasteiger charge is -2.07. The quantitative estimate of drug-likeness (QED) is 0.823. The van der Waals surface area contributed by atoms with Gasteiger partial charge in [-0.15, -0.1) is 0 Å². The van der Waals surface area contributed by atoms with Crippen molar-refractivity contribution in [2.24, 2.45) is 0 Å². The molecule has 1 aromatic carbocycles. The van der Waals surface area contributed by atoms with E-state index >= 15 is 0 Å². The van der Waals surface area contributed by atoms with Gasteiger partial charge in [-0.05, 0) is 17.7 Å². The topological polar surface area (TPSA) is 49.9 Å². The maximum atomic E-state index is 13.4. The highest BCUT2D eigenvalue weighted by Gasteiger charge is 2.03. The standard InChI is InChI=1S/C13H16FN3O/c1-18-9-11-6-10(2-3-12(11)14)7-15-8-13-16-4-5-17-13/h2-6,15H,7-9H2,1H3,(H,16,17). The fourth-order valence-corrected chi connectivity index (χ4v) is 1.72. The van der Waals surface area contributed by atoms with Crippen LogP contribution in [0.3, 0.4) is 0 Å². The summed E-state index contributed by atoms with van der Waals surface area (Å²) in [7, 11) is 1.56. The number of hydrogen-bond donors (Lipinski definition) is 2. The van der Waals surface area contributed by atoms with E-state index < -0.39 is 0 Å². The Balaban J connectivity index is 1.90. The lowest BCUT2D eigenvalue weighted by atomic mass is 10.1. The zero-order valence-electron chi connectivity index (χ0n) is 10.2. The van der Waals surface area contributed by atoms with Crippen LogP contribution >= 0.6 is 0 Å². The molecule has 0 aliphatic heterocycles. The van der Waals surface area contributed by atoms with Gasteiger partial charge in [-0.2, -0.15) is 0 Å². The van der Waals surface area contributed by atoms with Crippen molar-refractivity contribution in [3.8, 4) is 0 Å². The van der Waals surface area contributed by atoms with Crippen LogP contribution in [-0.4, -0.2) is 17.1 Å². The van der Waals surface area contributed by atoms with Gasteiger partial charge in [0.2, 0.25) is 0 Å². The fourth-order valence-electron chi connectivity index (χ4n) is 1.72. The summed E-state index contributed by atoms with van der Waals surface area (Å²) in [4.78, 5) is 7.12. The number of halogens is 1. The van der Waals surface area contributed by atoms with Gasteiger partial charge < -0.3 is 15.0 Å². The van der Waals surface area contributed by atoms with E-state index in [9.17, 15) is 4.39 Å². The van der Waals surface area contributed by atoms with E-state index in [0.29, 0.717) is 18.7 Å². The molecule has 0 radical (unpaired) electrons. The van der Waals surface area contributed by atoms with Crippen molar-refractivity contribution < 1.29 is 9.13 Å². The first-order valence-corrected chi connectivity index (χ1v) is 5.75. The number of imidazole rings is 1. The fraction of sp³-hybridized carbons (Fsp3) is 0.308. The minimum atomic E-state index is -0.230. The van der Waals surface area contributed by atoms with Gasteiger partial charge in [0.25, 0.3) is 0 Å². The maximum Gasteiger partial charge on any atom is 0.128 e. The molecule has 0 aliphatic rings. The largest absolute Gasteiger partial charge is 0.380 e. The van der Waals surface area contributed by atoms with Crippen molar-refractivity contribution in [3.63, 3.8) is 0 Å². The van der Waals surface area contributed by atoms with Gasteiger partial charge in [-0.3, -0.25) is 0 Å². The molecule has 0 atom stereocenters. The van der Waals surface area contributed by atoms with Crippen molar-refractivity contribution >= 4 is 0 Å². The first kappa shape index (κ1) is 12.7. The van der Waals surface area contributed by atoms with Crippen LogP contribution < -0.4 is 5.32 Å². The second kappa shape index (κ2) is 6.28. The summed E-state index contributed by atoms with van der Waals surface area (Å²) in [6.45, 7) is 1.61. The van der Waals surface area contributed by atoms with Crippen LogP contribution in [0.5, 0.6) is 0 Å². The molecular weight excluding hydrogens is 233 g/mol. The highest BCUT2D eigenvalue weighted by Crippen LogP contribution is 2.11. The number of ether oxygens (including phenoxy) is 1. The molecule has 0 fully saturated rings. The van der Waals surface area contributed by atoms with E-state index in [-0.39, 0.29) is 12.4 Å². The summed E-state index contributed by atoms with van der Waals surface area (Å²) < 4.78 is 18.3. The number of aromatic amines is 1. The molecule has 2 rings (SSSR count). The summed E-state index contributed by atoms with van der Waals surface area (Å²) in [6.07, 6.45) is 3.50. The van der Waals surface area contributed by atoms with Gasteiger partial charge in [-0.25, -0.2) is 9.37 Å². The molecule has 0 amide bonds. The average Bonchev–Trinajstić information content (AvgIpc) is 2.87. The summed E-state index contributed by atoms with van der Waals surface area (Å²) in [6, 6.07) is 5.05. The third kappa shape index (κ3) is 3.38. The van der Waals surface area contributed by atoms with E-state index in [2.05, 4.69) is 15.3 Å². The van der Waals surface area contributed by atoms with Crippen LogP contribution in [0.4, 0.5) is 4.39 Å². The molecule has 0 saturated carbocycles. The molecule has 0 unspecified atom stereocenters. The SMILES string of the molecule is COCc1cc(CNCc2ncc[nH]2)ccc1F. The van der Waals surface area contributed by atoms with Gasteiger partial charge in [-0.1, -0.05) is 6.07 Å². The Morgan fingerprint density at radius 2 is 2.28 bits per heavy atom. The Kier molecular flexibility index (Phi) is 4.44. The summed E-state index contributed by atoms with van der Waals surface area (Å²) in [5.74, 6) is 0.654. The van der Waals surface area contributed by atoms with Gasteiger partial charge in [0.1, 0.15) is 11.6 Å². The number of nitrogens with one attached hydrogen (secondary N) is 2. The van der Waals surface area contributed by atoms with Crippen LogP contribution in [0.2, 0.25) is 0 Å². The normalized spacial score (nSPS) is 10.8. The lowest BCUT2D eigenvalue weighted by molar-refractivity contribution is 0.181. The number of rotatable bonds is 6. The third-order valence-corrected chi connectivity index (χ3v) is 2.59. The zero-order chi connectivity index (χ0) is 12.8. The minimum Gasteiger partial charge on any atom is -0.380 e. The molecule has 0 saturated heterocycles. The predicted molar refractivity (Wildman–Crippen MR) is 66.2 cm³/mol. The summed E-state index contributed by atoms with van der Waals surface area (Å²) in [5.41, 5.74) is 1.60. The molecule has 1 aromatic heterocycles. The van der Waals surface area contributed by atoms with E-state index in [1.165, 1.54) is 6.07 Å². The van der Waals surface area contributed by atoms with Crippen LogP contribution in [0.25, 0.3) is 0 Å². The van der Waals surface area contributed by atoms with Crippen LogP contribution in [-0.2, 0) is 24.4 Å². The Labute approximate surface area is 105 Å². The molecule has 2 N–H and O–H groups in total. The molecule has 0 bridgehead atoms. The number of hydrogen-bond acceptors (Lipinski definition) is 3. The monoisotopic (exact) mass is 249 g/mol. The highest BCUT2D eigenvalue weighted by atomic mass is 19.1. The number of benzene rings is 1. The van der Waals surface area contributed by atoms with Gasteiger partial charge >= 0.3 is 0 Å². The number of nitrogens with zero attached hydrogens (tertiary/aromatic N) is 1. The summed E-state index contributed by atoms with van der Waals surface area (Å²) in [5, 5.41) is 3.24. The molecule has 18 heavy (non-hydrogen) atoms. The predicted octanol–water partition coefficient (Wildman–Crippen LogP) is 1.99. The minimum absolute atomic E-state index is 0.230. The molecule has 0 spiro atoms. The Morgan fingerprint density at radius 1 is 1.39 bits per heavy atom. The first-order valence-electron chi connectivity index (χ1n) is 5.75. The Hall–Kier alpha value is -1.72. The zero-order valence-corrected chi connectivity index (χ0v) is 10.2. The molecule has 4 nitrogen and oxygen atoms in total. The van der Waals surface area contributed by atoms with Gasteiger partial charge in [0.15, 0.2) is 0 Å². The smallest absolute Gasteiger partial charge is 0.128 e. The van der Waals surface area contributed by atoms with E-state index in [0.717, 1.165) is 11.4 Å². The van der Waals surface area contributed by atoms with E-state index in [1.807, 2.05) is 6.07 Å². The lowest BCUT2D eigenvalue weighted by Crippen LogP contribution is -2.14. The van der Waals surface area contributed by atoms with Crippen LogP contribution in [0, 0.1) is 5.82 Å². The van der Waals surface area contributed by atoms with E-state index in [4.69, 9.17) is 4.74 Å². The first-order chi connectivity index (χ1) is 8.79. The molecule has 2 aromatic rings. The van der Waals surface area contributed by atoms with Crippen LogP contribution in [0.1, 0.15) is 17.0 Å². The van der Waals surface area contributed by atoms with Gasteiger partial charge in [0.05, 0.1) is 13.2 Å². The average molecular weight is 249 g/mol. The van der Waals surface area contributed by atoms with Crippen molar-refractivity contribution in [2.45, 2.75) is 19.7 Å². The molecule has 96 valence electrons. The Morgan fingerprint density at radius 3 is 3.00 bits per heavy atom. The van der Waals surface area contributed by atoms with E-state index in [1.54, 1.807) is 25.6 Å².